The van der Waals surface area contributed by atoms with Gasteiger partial charge in [0.15, 0.2) is 11.6 Å². The Morgan fingerprint density at radius 3 is 1.43 bits per heavy atom. The molecule has 0 aliphatic rings. The van der Waals surface area contributed by atoms with Crippen molar-refractivity contribution >= 4 is 40.8 Å². The highest BCUT2D eigenvalue weighted by atomic mass is 16.6. The Bertz CT molecular complexity index is 1330. The van der Waals surface area contributed by atoms with Crippen LogP contribution in [0.3, 0.4) is 0 Å². The smallest absolute Gasteiger partial charge is 0.335 e. The van der Waals surface area contributed by atoms with Gasteiger partial charge in [-0.05, 0) is 48.6 Å². The van der Waals surface area contributed by atoms with E-state index in [1.165, 1.54) is 12.1 Å². The first-order chi connectivity index (χ1) is 22.0. The van der Waals surface area contributed by atoms with E-state index in [0.717, 1.165) is 0 Å². The molecule has 8 N–H and O–H groups in total. The number of anilines is 1. The predicted molar refractivity (Wildman–Crippen MR) is 167 cm³/mol. The number of hydrogen-bond acceptors (Lipinski definition) is 14. The summed E-state index contributed by atoms with van der Waals surface area (Å²) in [5, 5.41) is 59.5. The standard InChI is InChI=1S/C25H32O12.C7H7NO2/c1-6-17(30)24(35,18(31)7-2)23(14-29,16-36-15-22(11-26,12-27)13-28)25(19(32)8-3,20(33)9-4)37-21(34)10-5;8-6-3-1-5(2-4-6)7(9)10/h6-10,26-29,35H,1-5,11-16H2;1-4H,8H2,(H,9,10). The van der Waals surface area contributed by atoms with E-state index in [4.69, 9.17) is 20.3 Å². The minimum Gasteiger partial charge on any atom is -0.478 e. The molecule has 1 unspecified atom stereocenters. The lowest BCUT2D eigenvalue weighted by Gasteiger charge is -2.51. The number of hydrogen-bond donors (Lipinski definition) is 7. The molecule has 0 radical (unpaired) electrons. The summed E-state index contributed by atoms with van der Waals surface area (Å²) in [5.41, 5.74) is -5.75. The number of carboxylic acids is 1. The molecule has 1 rings (SSSR count). The lowest BCUT2D eigenvalue weighted by Crippen LogP contribution is -2.76. The number of benzene rings is 1. The lowest BCUT2D eigenvalue weighted by molar-refractivity contribution is -0.228. The third-order valence-electron chi connectivity index (χ3n) is 7.13. The maximum absolute atomic E-state index is 13.3. The molecule has 256 valence electrons. The van der Waals surface area contributed by atoms with E-state index >= 15 is 0 Å². The van der Waals surface area contributed by atoms with Crippen LogP contribution < -0.4 is 5.73 Å². The van der Waals surface area contributed by atoms with Crippen LogP contribution in [0.15, 0.2) is 87.5 Å². The Hall–Kier alpha value is -4.90. The average Bonchev–Trinajstić information content (AvgIpc) is 3.09. The van der Waals surface area contributed by atoms with Gasteiger partial charge in [0.2, 0.25) is 22.8 Å². The Morgan fingerprint density at radius 2 is 1.11 bits per heavy atom. The average molecular weight is 662 g/mol. The number of esters is 1. The number of carboxylic acid groups (broad SMARTS) is 1. The summed E-state index contributed by atoms with van der Waals surface area (Å²) in [6.45, 7) is 9.77. The van der Waals surface area contributed by atoms with Gasteiger partial charge in [0.25, 0.3) is 0 Å². The highest BCUT2D eigenvalue weighted by Crippen LogP contribution is 2.48. The van der Waals surface area contributed by atoms with Gasteiger partial charge in [0.1, 0.15) is 5.41 Å². The number of nitrogens with two attached hydrogens (primary N) is 1. The van der Waals surface area contributed by atoms with Crippen molar-refractivity contribution in [2.75, 3.05) is 45.4 Å². The van der Waals surface area contributed by atoms with E-state index in [2.05, 4.69) is 32.9 Å². The molecule has 0 spiro atoms. The summed E-state index contributed by atoms with van der Waals surface area (Å²) in [7, 11) is 0. The van der Waals surface area contributed by atoms with Gasteiger partial charge < -0.3 is 45.8 Å². The van der Waals surface area contributed by atoms with E-state index in [0.29, 0.717) is 36.1 Å². The van der Waals surface area contributed by atoms with E-state index in [-0.39, 0.29) is 5.56 Å². The van der Waals surface area contributed by atoms with Crippen LogP contribution in [-0.4, -0.2) is 117 Å². The monoisotopic (exact) mass is 661 g/mol. The SMILES string of the molecule is C=CC(=O)OC(C(=O)C=C)(C(=O)C=C)C(CO)(COCC(CO)(CO)CO)C(O)(C(=O)C=C)C(=O)C=C.Nc1ccc(C(=O)O)cc1. The zero-order chi connectivity index (χ0) is 36.6. The minimum absolute atomic E-state index is 0.259. The first-order valence-electron chi connectivity index (χ1n) is 13.4. The van der Waals surface area contributed by atoms with E-state index < -0.39 is 96.7 Å². The summed E-state index contributed by atoms with van der Waals surface area (Å²) in [4.78, 5) is 75.4. The second-order valence-electron chi connectivity index (χ2n) is 9.92. The third kappa shape index (κ3) is 8.48. The molecular weight excluding hydrogens is 622 g/mol. The fourth-order valence-electron chi connectivity index (χ4n) is 4.25. The largest absolute Gasteiger partial charge is 0.478 e. The molecule has 0 heterocycles. The third-order valence-corrected chi connectivity index (χ3v) is 7.13. The number of nitrogen functional groups attached to an aromatic ring is 1. The van der Waals surface area contributed by atoms with Gasteiger partial charge in [-0.2, -0.15) is 0 Å². The van der Waals surface area contributed by atoms with Crippen molar-refractivity contribution in [1.82, 2.24) is 0 Å². The van der Waals surface area contributed by atoms with Crippen LogP contribution in [-0.2, 0) is 33.4 Å². The summed E-state index contributed by atoms with van der Waals surface area (Å²) in [6.07, 6.45) is 2.35. The minimum atomic E-state index is -3.59. The van der Waals surface area contributed by atoms with Gasteiger partial charge in [0.05, 0.1) is 50.6 Å². The molecule has 1 atom stereocenters. The fourth-order valence-corrected chi connectivity index (χ4v) is 4.25. The molecule has 15 nitrogen and oxygen atoms in total. The highest BCUT2D eigenvalue weighted by Gasteiger charge is 2.74. The Morgan fingerprint density at radius 1 is 0.681 bits per heavy atom. The number of aliphatic hydroxyl groups is 5. The molecule has 0 aromatic heterocycles. The molecule has 0 amide bonds. The van der Waals surface area contributed by atoms with E-state index in [9.17, 15) is 54.3 Å². The molecule has 0 fully saturated rings. The van der Waals surface area contributed by atoms with Gasteiger partial charge in [-0.25, -0.2) is 9.59 Å². The molecule has 0 aliphatic carbocycles. The molecule has 15 heteroatoms. The van der Waals surface area contributed by atoms with Crippen LogP contribution in [0, 0.1) is 10.8 Å². The lowest BCUT2D eigenvalue weighted by atomic mass is 9.56. The molecule has 47 heavy (non-hydrogen) atoms. The van der Waals surface area contributed by atoms with Crippen molar-refractivity contribution in [1.29, 1.82) is 0 Å². The fraction of sp³-hybridized carbons (Fsp3) is 0.312. The number of rotatable bonds is 21. The van der Waals surface area contributed by atoms with Gasteiger partial charge in [-0.15, -0.1) is 0 Å². The maximum Gasteiger partial charge on any atom is 0.335 e. The molecule has 0 saturated heterocycles. The Balaban J connectivity index is 0.00000178. The van der Waals surface area contributed by atoms with Gasteiger partial charge in [-0.1, -0.05) is 32.9 Å². The number of ether oxygens (including phenoxy) is 2. The van der Waals surface area contributed by atoms with Gasteiger partial charge in [0, 0.05) is 11.8 Å². The molecule has 0 aliphatic heterocycles. The Labute approximate surface area is 270 Å². The van der Waals surface area contributed by atoms with Gasteiger partial charge in [-0.3, -0.25) is 19.2 Å². The summed E-state index contributed by atoms with van der Waals surface area (Å²) in [5.74, 6) is -8.51. The molecule has 0 bridgehead atoms. The van der Waals surface area contributed by atoms with Crippen molar-refractivity contribution in [2.45, 2.75) is 11.2 Å². The molecule has 1 aromatic carbocycles. The number of aliphatic hydroxyl groups excluding tert-OH is 4. The quantitative estimate of drug-likeness (QED) is 0.0365. The van der Waals surface area contributed by atoms with Crippen molar-refractivity contribution in [3.8, 4) is 0 Å². The first-order valence-corrected chi connectivity index (χ1v) is 13.4. The molecular formula is C32H39NO14. The van der Waals surface area contributed by atoms with Gasteiger partial charge >= 0.3 is 11.9 Å². The van der Waals surface area contributed by atoms with Crippen molar-refractivity contribution in [2.24, 2.45) is 10.8 Å². The van der Waals surface area contributed by atoms with Crippen LogP contribution in [0.1, 0.15) is 10.4 Å². The molecule has 0 saturated carbocycles. The summed E-state index contributed by atoms with van der Waals surface area (Å²) >= 11 is 0. The van der Waals surface area contributed by atoms with Crippen LogP contribution in [0.25, 0.3) is 0 Å². The van der Waals surface area contributed by atoms with Crippen molar-refractivity contribution in [3.63, 3.8) is 0 Å². The van der Waals surface area contributed by atoms with E-state index in [1.807, 2.05) is 0 Å². The Kier molecular flexibility index (Phi) is 16.4. The zero-order valence-corrected chi connectivity index (χ0v) is 25.5. The van der Waals surface area contributed by atoms with Crippen LogP contribution >= 0.6 is 0 Å². The number of aromatic carboxylic acids is 1. The topological polar surface area (TPSA) is 268 Å². The number of carbonyl (C=O) groups excluding carboxylic acids is 5. The number of carbonyl (C=O) groups is 6. The van der Waals surface area contributed by atoms with Crippen LogP contribution in [0.4, 0.5) is 5.69 Å². The zero-order valence-electron chi connectivity index (χ0n) is 25.5. The normalized spacial score (nSPS) is 12.5. The summed E-state index contributed by atoms with van der Waals surface area (Å²) < 4.78 is 10.5. The highest BCUT2D eigenvalue weighted by molar-refractivity contribution is 6.25. The first kappa shape index (κ1) is 42.1. The van der Waals surface area contributed by atoms with Crippen molar-refractivity contribution in [3.05, 3.63) is 93.1 Å². The van der Waals surface area contributed by atoms with E-state index in [1.54, 1.807) is 12.1 Å². The van der Waals surface area contributed by atoms with Crippen LogP contribution in [0.2, 0.25) is 0 Å². The maximum atomic E-state index is 13.3. The van der Waals surface area contributed by atoms with Crippen molar-refractivity contribution < 1.29 is 68.9 Å². The second kappa shape index (κ2) is 18.3. The van der Waals surface area contributed by atoms with Crippen LogP contribution in [0.5, 0.6) is 0 Å². The predicted octanol–water partition coefficient (Wildman–Crippen LogP) is -0.868. The molecule has 1 aromatic rings. The summed E-state index contributed by atoms with van der Waals surface area (Å²) in [6, 6.07) is 6.06. The number of ketones is 4. The second-order valence-corrected chi connectivity index (χ2v) is 9.92.